The molecule has 2 rings (SSSR count). The SMILES string of the molecule is NCCc1ccc(C(=O)Nc2c(F)cccc2Cl)cc1. The number of benzene rings is 2. The van der Waals surface area contributed by atoms with E-state index in [1.54, 1.807) is 12.1 Å². The van der Waals surface area contributed by atoms with Crippen LogP contribution in [0.1, 0.15) is 15.9 Å². The summed E-state index contributed by atoms with van der Waals surface area (Å²) in [5.41, 5.74) is 6.93. The molecule has 20 heavy (non-hydrogen) atoms. The molecule has 2 aromatic carbocycles. The molecule has 1 amide bonds. The maximum Gasteiger partial charge on any atom is 0.255 e. The average molecular weight is 293 g/mol. The molecule has 0 unspecified atom stereocenters. The summed E-state index contributed by atoms with van der Waals surface area (Å²) in [5, 5.41) is 2.64. The molecule has 3 nitrogen and oxygen atoms in total. The third-order valence-electron chi connectivity index (χ3n) is 2.85. The van der Waals surface area contributed by atoms with E-state index in [0.29, 0.717) is 12.1 Å². The molecule has 104 valence electrons. The molecule has 0 heterocycles. The minimum absolute atomic E-state index is 0.00907. The molecule has 0 saturated carbocycles. The predicted molar refractivity (Wildman–Crippen MR) is 78.6 cm³/mol. The summed E-state index contributed by atoms with van der Waals surface area (Å²) < 4.78 is 13.6. The maximum atomic E-state index is 13.6. The molecular formula is C15H14ClFN2O. The minimum Gasteiger partial charge on any atom is -0.330 e. The molecule has 3 N–H and O–H groups in total. The molecule has 0 atom stereocenters. The number of carbonyl (C=O) groups is 1. The summed E-state index contributed by atoms with van der Waals surface area (Å²) in [5.74, 6) is -0.970. The molecular weight excluding hydrogens is 279 g/mol. The van der Waals surface area contributed by atoms with Crippen LogP contribution in [0.3, 0.4) is 0 Å². The first kappa shape index (κ1) is 14.5. The molecule has 0 fully saturated rings. The minimum atomic E-state index is -0.564. The van der Waals surface area contributed by atoms with Crippen molar-refractivity contribution in [2.45, 2.75) is 6.42 Å². The molecule has 0 spiro atoms. The third-order valence-corrected chi connectivity index (χ3v) is 3.17. The van der Waals surface area contributed by atoms with E-state index in [1.807, 2.05) is 12.1 Å². The van der Waals surface area contributed by atoms with Crippen molar-refractivity contribution in [3.8, 4) is 0 Å². The monoisotopic (exact) mass is 292 g/mol. The summed E-state index contributed by atoms with van der Waals surface area (Å²) in [6, 6.07) is 11.2. The number of rotatable bonds is 4. The van der Waals surface area contributed by atoms with Gasteiger partial charge in [-0.2, -0.15) is 0 Å². The van der Waals surface area contributed by atoms with Gasteiger partial charge in [0, 0.05) is 5.56 Å². The summed E-state index contributed by atoms with van der Waals surface area (Å²) >= 11 is 5.86. The van der Waals surface area contributed by atoms with Crippen LogP contribution in [0.25, 0.3) is 0 Å². The molecule has 2 aromatic rings. The van der Waals surface area contributed by atoms with Crippen molar-refractivity contribution in [1.82, 2.24) is 0 Å². The van der Waals surface area contributed by atoms with Gasteiger partial charge in [-0.25, -0.2) is 4.39 Å². The highest BCUT2D eigenvalue weighted by atomic mass is 35.5. The van der Waals surface area contributed by atoms with Gasteiger partial charge in [0.05, 0.1) is 10.7 Å². The van der Waals surface area contributed by atoms with Crippen molar-refractivity contribution in [2.75, 3.05) is 11.9 Å². The number of halogens is 2. The molecule has 0 aliphatic carbocycles. The Bertz CT molecular complexity index is 594. The van der Waals surface area contributed by atoms with Crippen LogP contribution in [0.5, 0.6) is 0 Å². The standard InChI is InChI=1S/C15H14ClFN2O/c16-12-2-1-3-13(17)14(12)19-15(20)11-6-4-10(5-7-11)8-9-18/h1-7H,8-9,18H2,(H,19,20). The number of hydrogen-bond donors (Lipinski definition) is 2. The zero-order chi connectivity index (χ0) is 14.5. The van der Waals surface area contributed by atoms with Gasteiger partial charge >= 0.3 is 0 Å². The van der Waals surface area contributed by atoms with Crippen LogP contribution in [0.15, 0.2) is 42.5 Å². The van der Waals surface area contributed by atoms with Gasteiger partial charge in [0.25, 0.3) is 5.91 Å². The Labute approximate surface area is 121 Å². The van der Waals surface area contributed by atoms with E-state index < -0.39 is 11.7 Å². The number of carbonyl (C=O) groups excluding carboxylic acids is 1. The van der Waals surface area contributed by atoms with E-state index in [0.717, 1.165) is 12.0 Å². The van der Waals surface area contributed by atoms with Crippen molar-refractivity contribution in [1.29, 1.82) is 0 Å². The zero-order valence-electron chi connectivity index (χ0n) is 10.7. The van der Waals surface area contributed by atoms with Crippen molar-refractivity contribution in [3.63, 3.8) is 0 Å². The third kappa shape index (κ3) is 3.35. The Balaban J connectivity index is 2.16. The van der Waals surface area contributed by atoms with Gasteiger partial charge in [-0.3, -0.25) is 4.79 Å². The first-order valence-electron chi connectivity index (χ1n) is 6.16. The lowest BCUT2D eigenvalue weighted by atomic mass is 10.1. The van der Waals surface area contributed by atoms with Crippen molar-refractivity contribution < 1.29 is 9.18 Å². The normalized spacial score (nSPS) is 10.3. The van der Waals surface area contributed by atoms with E-state index in [4.69, 9.17) is 17.3 Å². The van der Waals surface area contributed by atoms with Gasteiger partial charge in [0.15, 0.2) is 0 Å². The van der Waals surface area contributed by atoms with Gasteiger partial charge < -0.3 is 11.1 Å². The van der Waals surface area contributed by atoms with E-state index in [-0.39, 0.29) is 10.7 Å². The Hall–Kier alpha value is -1.91. The molecule has 0 aliphatic heterocycles. The van der Waals surface area contributed by atoms with Gasteiger partial charge in [-0.1, -0.05) is 29.8 Å². The number of anilines is 1. The molecule has 5 heteroatoms. The lowest BCUT2D eigenvalue weighted by Gasteiger charge is -2.08. The quantitative estimate of drug-likeness (QED) is 0.909. The van der Waals surface area contributed by atoms with E-state index in [2.05, 4.69) is 5.32 Å². The fourth-order valence-electron chi connectivity index (χ4n) is 1.79. The predicted octanol–water partition coefficient (Wildman–Crippen LogP) is 3.23. The number of para-hydroxylation sites is 1. The molecule has 0 aromatic heterocycles. The van der Waals surface area contributed by atoms with Crippen LogP contribution in [-0.4, -0.2) is 12.5 Å². The Kier molecular flexibility index (Phi) is 4.71. The summed E-state index contributed by atoms with van der Waals surface area (Å²) in [7, 11) is 0. The lowest BCUT2D eigenvalue weighted by molar-refractivity contribution is 0.102. The Morgan fingerprint density at radius 2 is 1.90 bits per heavy atom. The van der Waals surface area contributed by atoms with Crippen LogP contribution in [0, 0.1) is 5.82 Å². The van der Waals surface area contributed by atoms with Crippen LogP contribution < -0.4 is 11.1 Å². The summed E-state index contributed by atoms with van der Waals surface area (Å²) in [6.45, 7) is 0.552. The topological polar surface area (TPSA) is 55.1 Å². The highest BCUT2D eigenvalue weighted by Crippen LogP contribution is 2.25. The van der Waals surface area contributed by atoms with Crippen LogP contribution in [0.2, 0.25) is 5.02 Å². The number of amides is 1. The second kappa shape index (κ2) is 6.50. The molecule has 0 aliphatic rings. The van der Waals surface area contributed by atoms with Gasteiger partial charge in [-0.15, -0.1) is 0 Å². The van der Waals surface area contributed by atoms with Crippen LogP contribution in [0.4, 0.5) is 10.1 Å². The van der Waals surface area contributed by atoms with Gasteiger partial charge in [0.2, 0.25) is 0 Å². The second-order valence-electron chi connectivity index (χ2n) is 4.29. The first-order valence-corrected chi connectivity index (χ1v) is 6.54. The fraction of sp³-hybridized carbons (Fsp3) is 0.133. The summed E-state index contributed by atoms with van der Waals surface area (Å²) in [4.78, 5) is 12.0. The highest BCUT2D eigenvalue weighted by molar-refractivity contribution is 6.33. The first-order chi connectivity index (χ1) is 9.61. The van der Waals surface area contributed by atoms with Crippen molar-refractivity contribution >= 4 is 23.2 Å². The van der Waals surface area contributed by atoms with Crippen LogP contribution in [-0.2, 0) is 6.42 Å². The van der Waals surface area contributed by atoms with E-state index in [9.17, 15) is 9.18 Å². The molecule has 0 saturated heterocycles. The average Bonchev–Trinajstić information content (AvgIpc) is 2.44. The number of nitrogens with two attached hydrogens (primary N) is 1. The van der Waals surface area contributed by atoms with Crippen LogP contribution >= 0.6 is 11.6 Å². The van der Waals surface area contributed by atoms with Gasteiger partial charge in [0.1, 0.15) is 5.82 Å². The lowest BCUT2D eigenvalue weighted by Crippen LogP contribution is -2.13. The van der Waals surface area contributed by atoms with Crippen molar-refractivity contribution in [3.05, 3.63) is 64.4 Å². The highest BCUT2D eigenvalue weighted by Gasteiger charge is 2.12. The van der Waals surface area contributed by atoms with E-state index >= 15 is 0 Å². The second-order valence-corrected chi connectivity index (χ2v) is 4.69. The van der Waals surface area contributed by atoms with E-state index in [1.165, 1.54) is 18.2 Å². The number of hydrogen-bond acceptors (Lipinski definition) is 2. The van der Waals surface area contributed by atoms with Gasteiger partial charge in [-0.05, 0) is 42.8 Å². The molecule has 0 radical (unpaired) electrons. The zero-order valence-corrected chi connectivity index (χ0v) is 11.5. The summed E-state index contributed by atoms with van der Waals surface area (Å²) in [6.07, 6.45) is 0.751. The van der Waals surface area contributed by atoms with Crippen molar-refractivity contribution in [2.24, 2.45) is 5.73 Å². The smallest absolute Gasteiger partial charge is 0.255 e. The number of nitrogens with one attached hydrogen (secondary N) is 1. The Morgan fingerprint density at radius 1 is 1.20 bits per heavy atom. The largest absolute Gasteiger partial charge is 0.330 e. The maximum absolute atomic E-state index is 13.6. The Morgan fingerprint density at radius 3 is 2.50 bits per heavy atom. The fourth-order valence-corrected chi connectivity index (χ4v) is 2.00. The molecule has 0 bridgehead atoms.